The third-order valence-electron chi connectivity index (χ3n) is 4.18. The second-order valence-electron chi connectivity index (χ2n) is 5.64. The molecule has 3 N–H and O–H groups in total. The highest BCUT2D eigenvalue weighted by Gasteiger charge is 2.30. The maximum absolute atomic E-state index is 11.7. The van der Waals surface area contributed by atoms with Gasteiger partial charge < -0.3 is 11.1 Å². The minimum absolute atomic E-state index is 0.0777. The highest BCUT2D eigenvalue weighted by atomic mass is 16.1. The lowest BCUT2D eigenvalue weighted by Gasteiger charge is -2.39. The van der Waals surface area contributed by atoms with Crippen molar-refractivity contribution in [3.05, 3.63) is 35.9 Å². The fraction of sp³-hybridized carbons (Fsp3) is 0.562. The summed E-state index contributed by atoms with van der Waals surface area (Å²) < 4.78 is 0. The van der Waals surface area contributed by atoms with Crippen molar-refractivity contribution >= 4 is 5.91 Å². The Morgan fingerprint density at radius 2 is 1.90 bits per heavy atom. The highest BCUT2D eigenvalue weighted by molar-refractivity contribution is 5.78. The van der Waals surface area contributed by atoms with Gasteiger partial charge in [0, 0.05) is 25.0 Å². The molecule has 2 rings (SSSR count). The summed E-state index contributed by atoms with van der Waals surface area (Å²) in [5, 5.41) is 2.75. The average Bonchev–Trinajstić information content (AvgIpc) is 2.48. The van der Waals surface area contributed by atoms with Gasteiger partial charge in [-0.05, 0) is 38.4 Å². The second kappa shape index (κ2) is 6.86. The monoisotopic (exact) mass is 275 g/mol. The molecular formula is C16H25N3O. The Hall–Kier alpha value is -1.39. The molecule has 1 aliphatic heterocycles. The number of nitrogens with one attached hydrogen (secondary N) is 1. The molecule has 2 unspecified atom stereocenters. The number of benzene rings is 1. The minimum Gasteiger partial charge on any atom is -0.359 e. The first-order valence-corrected chi connectivity index (χ1v) is 7.39. The number of amides is 1. The van der Waals surface area contributed by atoms with Gasteiger partial charge in [-0.1, -0.05) is 30.3 Å². The van der Waals surface area contributed by atoms with Crippen LogP contribution in [0.1, 0.15) is 31.4 Å². The molecule has 1 aromatic rings. The van der Waals surface area contributed by atoms with Gasteiger partial charge in [0.1, 0.15) is 0 Å². The molecule has 0 bridgehead atoms. The minimum atomic E-state index is 0.0777. The number of carbonyl (C=O) groups is 1. The molecule has 1 aliphatic rings. The van der Waals surface area contributed by atoms with Crippen molar-refractivity contribution in [2.24, 2.45) is 11.7 Å². The van der Waals surface area contributed by atoms with Crippen LogP contribution in [0.15, 0.2) is 30.3 Å². The lowest BCUT2D eigenvalue weighted by atomic mass is 9.91. The van der Waals surface area contributed by atoms with Crippen molar-refractivity contribution < 1.29 is 4.79 Å². The van der Waals surface area contributed by atoms with E-state index < -0.39 is 0 Å². The van der Waals surface area contributed by atoms with Gasteiger partial charge >= 0.3 is 0 Å². The predicted octanol–water partition coefficient (Wildman–Crippen LogP) is 1.53. The van der Waals surface area contributed by atoms with Gasteiger partial charge in [0.15, 0.2) is 0 Å². The summed E-state index contributed by atoms with van der Waals surface area (Å²) in [6.45, 7) is 3.92. The molecule has 1 fully saturated rings. The quantitative estimate of drug-likeness (QED) is 0.876. The van der Waals surface area contributed by atoms with Crippen molar-refractivity contribution in [2.75, 3.05) is 20.1 Å². The fourth-order valence-corrected chi connectivity index (χ4v) is 3.14. The van der Waals surface area contributed by atoms with E-state index in [0.717, 1.165) is 25.9 Å². The van der Waals surface area contributed by atoms with E-state index in [1.54, 1.807) is 7.05 Å². The van der Waals surface area contributed by atoms with Gasteiger partial charge in [-0.3, -0.25) is 9.69 Å². The van der Waals surface area contributed by atoms with Crippen molar-refractivity contribution in [2.45, 2.75) is 31.8 Å². The molecule has 1 aromatic carbocycles. The fourth-order valence-electron chi connectivity index (χ4n) is 3.14. The van der Waals surface area contributed by atoms with E-state index in [2.05, 4.69) is 41.4 Å². The molecule has 20 heavy (non-hydrogen) atoms. The largest absolute Gasteiger partial charge is 0.359 e. The van der Waals surface area contributed by atoms with Crippen molar-refractivity contribution in [3.63, 3.8) is 0 Å². The Kier molecular flexibility index (Phi) is 5.15. The van der Waals surface area contributed by atoms with Gasteiger partial charge in [0.25, 0.3) is 0 Å². The smallest absolute Gasteiger partial charge is 0.222 e. The Morgan fingerprint density at radius 3 is 2.40 bits per heavy atom. The van der Waals surface area contributed by atoms with E-state index in [1.165, 1.54) is 5.56 Å². The summed E-state index contributed by atoms with van der Waals surface area (Å²) in [7, 11) is 1.71. The van der Waals surface area contributed by atoms with E-state index in [1.807, 2.05) is 6.07 Å². The molecule has 0 radical (unpaired) electrons. The summed E-state index contributed by atoms with van der Waals surface area (Å²) in [6.07, 6.45) is 1.82. The van der Waals surface area contributed by atoms with E-state index in [-0.39, 0.29) is 23.9 Å². The van der Waals surface area contributed by atoms with E-state index >= 15 is 0 Å². The number of nitrogens with zero attached hydrogens (tertiary/aromatic N) is 1. The van der Waals surface area contributed by atoms with Crippen LogP contribution in [-0.2, 0) is 4.79 Å². The van der Waals surface area contributed by atoms with Crippen LogP contribution < -0.4 is 11.1 Å². The van der Waals surface area contributed by atoms with Crippen LogP contribution in [0, 0.1) is 5.92 Å². The van der Waals surface area contributed by atoms with Crippen LogP contribution in [0.5, 0.6) is 0 Å². The van der Waals surface area contributed by atoms with Crippen molar-refractivity contribution in [1.29, 1.82) is 0 Å². The Balaban J connectivity index is 2.05. The first-order chi connectivity index (χ1) is 9.63. The van der Waals surface area contributed by atoms with E-state index in [4.69, 9.17) is 5.73 Å². The normalized spacial score (nSPS) is 20.4. The Labute approximate surface area is 121 Å². The van der Waals surface area contributed by atoms with E-state index in [0.29, 0.717) is 0 Å². The second-order valence-corrected chi connectivity index (χ2v) is 5.64. The SMILES string of the molecule is CNC(=O)C1CCN(C(c2ccccc2)C(C)N)CC1. The number of likely N-dealkylation sites (tertiary alicyclic amines) is 1. The van der Waals surface area contributed by atoms with Crippen LogP contribution >= 0.6 is 0 Å². The predicted molar refractivity (Wildman–Crippen MR) is 81.2 cm³/mol. The topological polar surface area (TPSA) is 58.4 Å². The lowest BCUT2D eigenvalue weighted by Crippen LogP contribution is -2.45. The standard InChI is InChI=1S/C16H25N3O/c1-12(17)15(13-6-4-3-5-7-13)19-10-8-14(9-11-19)16(20)18-2/h3-7,12,14-15H,8-11,17H2,1-2H3,(H,18,20). The molecule has 110 valence electrons. The van der Waals surface area contributed by atoms with Crippen LogP contribution in [0.4, 0.5) is 0 Å². The summed E-state index contributed by atoms with van der Waals surface area (Å²) in [6, 6.07) is 10.7. The maximum atomic E-state index is 11.7. The molecule has 0 aliphatic carbocycles. The number of hydrogen-bond acceptors (Lipinski definition) is 3. The third kappa shape index (κ3) is 3.38. The van der Waals surface area contributed by atoms with Crippen LogP contribution in [0.2, 0.25) is 0 Å². The maximum Gasteiger partial charge on any atom is 0.222 e. The Morgan fingerprint density at radius 1 is 1.30 bits per heavy atom. The molecule has 0 aromatic heterocycles. The zero-order valence-electron chi connectivity index (χ0n) is 12.4. The molecule has 1 heterocycles. The Bertz CT molecular complexity index is 425. The van der Waals surface area contributed by atoms with Crippen molar-refractivity contribution in [3.8, 4) is 0 Å². The van der Waals surface area contributed by atoms with Crippen LogP contribution in [-0.4, -0.2) is 37.0 Å². The average molecular weight is 275 g/mol. The van der Waals surface area contributed by atoms with Crippen LogP contribution in [0.3, 0.4) is 0 Å². The molecule has 4 nitrogen and oxygen atoms in total. The summed E-state index contributed by atoms with van der Waals surface area (Å²) in [5.74, 6) is 0.322. The number of hydrogen-bond donors (Lipinski definition) is 2. The highest BCUT2D eigenvalue weighted by Crippen LogP contribution is 2.28. The van der Waals surface area contributed by atoms with E-state index in [9.17, 15) is 4.79 Å². The van der Waals surface area contributed by atoms with Gasteiger partial charge in [0.2, 0.25) is 5.91 Å². The van der Waals surface area contributed by atoms with Crippen LogP contribution in [0.25, 0.3) is 0 Å². The van der Waals surface area contributed by atoms with Gasteiger partial charge in [-0.25, -0.2) is 0 Å². The number of piperidine rings is 1. The zero-order chi connectivity index (χ0) is 14.5. The molecular weight excluding hydrogens is 250 g/mol. The third-order valence-corrected chi connectivity index (χ3v) is 4.18. The van der Waals surface area contributed by atoms with Gasteiger partial charge in [-0.2, -0.15) is 0 Å². The lowest BCUT2D eigenvalue weighted by molar-refractivity contribution is -0.126. The zero-order valence-corrected chi connectivity index (χ0v) is 12.4. The molecule has 0 spiro atoms. The molecule has 4 heteroatoms. The summed E-state index contributed by atoms with van der Waals surface area (Å²) >= 11 is 0. The number of rotatable bonds is 4. The first-order valence-electron chi connectivity index (χ1n) is 7.39. The summed E-state index contributed by atoms with van der Waals surface area (Å²) in [5.41, 5.74) is 7.46. The molecule has 1 amide bonds. The molecule has 2 atom stereocenters. The van der Waals surface area contributed by atoms with Gasteiger partial charge in [0.05, 0.1) is 0 Å². The van der Waals surface area contributed by atoms with Crippen molar-refractivity contribution in [1.82, 2.24) is 10.2 Å². The first kappa shape index (κ1) is 15.0. The number of nitrogens with two attached hydrogens (primary N) is 1. The van der Waals surface area contributed by atoms with Gasteiger partial charge in [-0.15, -0.1) is 0 Å². The summed E-state index contributed by atoms with van der Waals surface area (Å²) in [4.78, 5) is 14.1. The number of carbonyl (C=O) groups excluding carboxylic acids is 1. The molecule has 0 saturated carbocycles. The molecule has 1 saturated heterocycles.